The Labute approximate surface area is 141 Å². The maximum absolute atomic E-state index is 12.7. The third-order valence-electron chi connectivity index (χ3n) is 3.15. The van der Waals surface area contributed by atoms with E-state index in [1.54, 1.807) is 31.4 Å². The number of carbonyl (C=O) groups excluding carboxylic acids is 1. The van der Waals surface area contributed by atoms with Gasteiger partial charge in [-0.15, -0.1) is 0 Å². The number of benzene rings is 1. The molecule has 1 N–H and O–H groups in total. The van der Waals surface area contributed by atoms with Crippen molar-refractivity contribution in [2.24, 2.45) is 0 Å². The molecule has 0 radical (unpaired) electrons. The van der Waals surface area contributed by atoms with Crippen molar-refractivity contribution < 1.29 is 9.53 Å². The Morgan fingerprint density at radius 2 is 1.96 bits per heavy atom. The quantitative estimate of drug-likeness (QED) is 0.871. The van der Waals surface area contributed by atoms with Gasteiger partial charge in [0.1, 0.15) is 5.60 Å². The highest BCUT2D eigenvalue weighted by molar-refractivity contribution is 5.85. The molecule has 0 saturated heterocycles. The number of nitrogens with one attached hydrogen (secondary N) is 1. The Morgan fingerprint density at radius 1 is 1.29 bits per heavy atom. The summed E-state index contributed by atoms with van der Waals surface area (Å²) in [7, 11) is 0. The van der Waals surface area contributed by atoms with Crippen LogP contribution in [-0.2, 0) is 11.3 Å². The van der Waals surface area contributed by atoms with Crippen LogP contribution < -0.4 is 10.9 Å². The van der Waals surface area contributed by atoms with Crippen molar-refractivity contribution in [3.05, 3.63) is 46.3 Å². The SMILES string of the molecule is CC(C)=CCn1c(=O)c(NC(=O)OC(C)(C)C)nc2ccccc21. The Bertz CT molecular complexity index is 841. The Kier molecular flexibility index (Phi) is 5.07. The molecule has 0 fully saturated rings. The summed E-state index contributed by atoms with van der Waals surface area (Å²) in [6, 6.07) is 7.32. The van der Waals surface area contributed by atoms with Crippen LogP contribution in [0, 0.1) is 0 Å². The number of aromatic nitrogens is 2. The summed E-state index contributed by atoms with van der Waals surface area (Å²) < 4.78 is 6.78. The number of nitrogens with zero attached hydrogens (tertiary/aromatic N) is 2. The monoisotopic (exact) mass is 329 g/mol. The molecule has 1 aromatic heterocycles. The van der Waals surface area contributed by atoms with Gasteiger partial charge in [-0.25, -0.2) is 9.78 Å². The minimum absolute atomic E-state index is 0.0369. The summed E-state index contributed by atoms with van der Waals surface area (Å²) in [5, 5.41) is 2.46. The number of para-hydroxylation sites is 2. The molecule has 0 aliphatic heterocycles. The van der Waals surface area contributed by atoms with Gasteiger partial charge in [0.05, 0.1) is 11.0 Å². The normalized spacial score (nSPS) is 11.2. The van der Waals surface area contributed by atoms with Gasteiger partial charge in [0.25, 0.3) is 5.56 Å². The van der Waals surface area contributed by atoms with E-state index in [9.17, 15) is 9.59 Å². The molecule has 0 bridgehead atoms. The highest BCUT2D eigenvalue weighted by Gasteiger charge is 2.19. The summed E-state index contributed by atoms with van der Waals surface area (Å²) in [5.74, 6) is -0.0369. The smallest absolute Gasteiger partial charge is 0.413 e. The molecule has 0 aliphatic carbocycles. The van der Waals surface area contributed by atoms with Gasteiger partial charge in [-0.2, -0.15) is 0 Å². The van der Waals surface area contributed by atoms with Gasteiger partial charge < -0.3 is 4.74 Å². The average molecular weight is 329 g/mol. The van der Waals surface area contributed by atoms with E-state index >= 15 is 0 Å². The second kappa shape index (κ2) is 6.86. The molecular formula is C18H23N3O3. The Morgan fingerprint density at radius 3 is 2.58 bits per heavy atom. The van der Waals surface area contributed by atoms with Crippen LogP contribution in [0.1, 0.15) is 34.6 Å². The van der Waals surface area contributed by atoms with E-state index in [-0.39, 0.29) is 11.4 Å². The third-order valence-corrected chi connectivity index (χ3v) is 3.15. The van der Waals surface area contributed by atoms with Crippen LogP contribution in [-0.4, -0.2) is 21.2 Å². The second-order valence-corrected chi connectivity index (χ2v) is 6.77. The predicted octanol–water partition coefficient (Wildman–Crippen LogP) is 3.71. The lowest BCUT2D eigenvalue weighted by Gasteiger charge is -2.19. The zero-order valence-electron chi connectivity index (χ0n) is 14.7. The highest BCUT2D eigenvalue weighted by Crippen LogP contribution is 2.14. The van der Waals surface area contributed by atoms with Gasteiger partial charge in [0, 0.05) is 6.54 Å². The first kappa shape index (κ1) is 17.7. The number of anilines is 1. The number of ether oxygens (including phenoxy) is 1. The topological polar surface area (TPSA) is 73.2 Å². The molecule has 0 atom stereocenters. The van der Waals surface area contributed by atoms with E-state index < -0.39 is 11.7 Å². The van der Waals surface area contributed by atoms with Gasteiger partial charge in [0.15, 0.2) is 0 Å². The number of allylic oxidation sites excluding steroid dienone is 2. The zero-order chi connectivity index (χ0) is 17.9. The fraction of sp³-hybridized carbons (Fsp3) is 0.389. The van der Waals surface area contributed by atoms with Crippen molar-refractivity contribution in [2.75, 3.05) is 5.32 Å². The fourth-order valence-electron chi connectivity index (χ4n) is 2.13. The van der Waals surface area contributed by atoms with Crippen molar-refractivity contribution in [2.45, 2.75) is 46.8 Å². The molecule has 2 aromatic rings. The van der Waals surface area contributed by atoms with E-state index in [0.717, 1.165) is 11.1 Å². The van der Waals surface area contributed by atoms with Gasteiger partial charge in [-0.05, 0) is 46.8 Å². The van der Waals surface area contributed by atoms with Crippen LogP contribution in [0.15, 0.2) is 40.7 Å². The summed E-state index contributed by atoms with van der Waals surface area (Å²) >= 11 is 0. The van der Waals surface area contributed by atoms with Gasteiger partial charge in [-0.3, -0.25) is 14.7 Å². The number of amides is 1. The lowest BCUT2D eigenvalue weighted by atomic mass is 10.2. The molecule has 0 saturated carbocycles. The van der Waals surface area contributed by atoms with Crippen molar-refractivity contribution in [1.29, 1.82) is 0 Å². The molecular weight excluding hydrogens is 306 g/mol. The van der Waals surface area contributed by atoms with Crippen LogP contribution in [0.2, 0.25) is 0 Å². The maximum Gasteiger partial charge on any atom is 0.413 e. The molecule has 2 rings (SSSR count). The van der Waals surface area contributed by atoms with Crippen molar-refractivity contribution in [3.8, 4) is 0 Å². The largest absolute Gasteiger partial charge is 0.444 e. The lowest BCUT2D eigenvalue weighted by molar-refractivity contribution is 0.0635. The molecule has 0 aliphatic rings. The molecule has 0 unspecified atom stereocenters. The number of hydrogen-bond acceptors (Lipinski definition) is 4. The third kappa shape index (κ3) is 4.44. The molecule has 1 aromatic carbocycles. The first-order chi connectivity index (χ1) is 11.2. The van der Waals surface area contributed by atoms with E-state index in [0.29, 0.717) is 12.1 Å². The van der Waals surface area contributed by atoms with Gasteiger partial charge in [-0.1, -0.05) is 23.8 Å². The van der Waals surface area contributed by atoms with Gasteiger partial charge >= 0.3 is 6.09 Å². The van der Waals surface area contributed by atoms with Crippen LogP contribution in [0.3, 0.4) is 0 Å². The Balaban J connectivity index is 2.48. The predicted molar refractivity (Wildman–Crippen MR) is 95.3 cm³/mol. The average Bonchev–Trinajstić information content (AvgIpc) is 2.45. The molecule has 24 heavy (non-hydrogen) atoms. The summed E-state index contributed by atoms with van der Waals surface area (Å²) in [5.41, 5.74) is 1.43. The van der Waals surface area contributed by atoms with Crippen molar-refractivity contribution in [3.63, 3.8) is 0 Å². The first-order valence-corrected chi connectivity index (χ1v) is 7.80. The molecule has 1 heterocycles. The van der Waals surface area contributed by atoms with E-state index in [2.05, 4.69) is 10.3 Å². The second-order valence-electron chi connectivity index (χ2n) is 6.77. The molecule has 0 spiro atoms. The maximum atomic E-state index is 12.7. The van der Waals surface area contributed by atoms with E-state index in [1.165, 1.54) is 0 Å². The highest BCUT2D eigenvalue weighted by atomic mass is 16.6. The van der Waals surface area contributed by atoms with E-state index in [4.69, 9.17) is 4.74 Å². The Hall–Kier alpha value is -2.63. The minimum Gasteiger partial charge on any atom is -0.444 e. The van der Waals surface area contributed by atoms with Crippen LogP contribution in [0.25, 0.3) is 11.0 Å². The standard InChI is InChI=1S/C18H23N3O3/c1-12(2)10-11-21-14-9-7-6-8-13(14)19-15(16(21)22)20-17(23)24-18(3,4)5/h6-10H,11H2,1-5H3,(H,19,20,23). The molecule has 6 heteroatoms. The number of rotatable bonds is 3. The summed E-state index contributed by atoms with van der Waals surface area (Å²) in [6.45, 7) is 9.62. The van der Waals surface area contributed by atoms with Crippen LogP contribution >= 0.6 is 0 Å². The summed E-state index contributed by atoms with van der Waals surface area (Å²) in [4.78, 5) is 28.9. The van der Waals surface area contributed by atoms with Crippen LogP contribution in [0.5, 0.6) is 0 Å². The van der Waals surface area contributed by atoms with Crippen LogP contribution in [0.4, 0.5) is 10.6 Å². The number of hydrogen-bond donors (Lipinski definition) is 1. The molecule has 128 valence electrons. The van der Waals surface area contributed by atoms with Gasteiger partial charge in [0.2, 0.25) is 5.82 Å². The number of carbonyl (C=O) groups is 1. The number of fused-ring (bicyclic) bond motifs is 1. The zero-order valence-corrected chi connectivity index (χ0v) is 14.7. The summed E-state index contributed by atoms with van der Waals surface area (Å²) in [6.07, 6.45) is 1.25. The molecule has 6 nitrogen and oxygen atoms in total. The minimum atomic E-state index is -0.698. The first-order valence-electron chi connectivity index (χ1n) is 7.80. The fourth-order valence-corrected chi connectivity index (χ4v) is 2.13. The van der Waals surface area contributed by atoms with Crippen molar-refractivity contribution >= 4 is 22.9 Å². The molecule has 1 amide bonds. The lowest BCUT2D eigenvalue weighted by Crippen LogP contribution is -2.31. The van der Waals surface area contributed by atoms with E-state index in [1.807, 2.05) is 38.1 Å². The van der Waals surface area contributed by atoms with Crippen molar-refractivity contribution in [1.82, 2.24) is 9.55 Å².